The van der Waals surface area contributed by atoms with E-state index in [1.165, 1.54) is 0 Å². The van der Waals surface area contributed by atoms with E-state index in [0.29, 0.717) is 0 Å². The molecule has 1 aromatic carbocycles. The molecule has 6 nitrogen and oxygen atoms in total. The molecule has 0 spiro atoms. The Morgan fingerprint density at radius 3 is 2.74 bits per heavy atom. The maximum atomic E-state index is 12.7. The Bertz CT molecular complexity index is 899. The van der Waals surface area contributed by atoms with Crippen LogP contribution in [0.3, 0.4) is 0 Å². The zero-order valence-corrected chi connectivity index (χ0v) is 15.3. The fraction of sp³-hybridized carbons (Fsp3) is 0.474. The first kappa shape index (κ1) is 17.9. The summed E-state index contributed by atoms with van der Waals surface area (Å²) in [6, 6.07) is 7.49. The van der Waals surface area contributed by atoms with Crippen molar-refractivity contribution < 1.29 is 13.5 Å². The van der Waals surface area contributed by atoms with E-state index in [4.69, 9.17) is 4.74 Å². The summed E-state index contributed by atoms with van der Waals surface area (Å²) in [6.45, 7) is 2.37. The third-order valence-electron chi connectivity index (χ3n) is 4.97. The fourth-order valence-corrected chi connectivity index (χ4v) is 3.67. The van der Waals surface area contributed by atoms with E-state index >= 15 is 0 Å². The van der Waals surface area contributed by atoms with Gasteiger partial charge in [-0.1, -0.05) is 11.3 Å². The molecule has 1 fully saturated rings. The number of hydrogen-bond acceptors (Lipinski definition) is 4. The molecule has 27 heavy (non-hydrogen) atoms. The summed E-state index contributed by atoms with van der Waals surface area (Å²) >= 11 is 0. The van der Waals surface area contributed by atoms with Gasteiger partial charge in [0.25, 0.3) is 6.43 Å². The maximum Gasteiger partial charge on any atom is 0.256 e. The average molecular weight is 375 g/mol. The first-order chi connectivity index (χ1) is 13.1. The van der Waals surface area contributed by atoms with Gasteiger partial charge in [0.2, 0.25) is 0 Å². The number of piperidine rings is 1. The van der Waals surface area contributed by atoms with E-state index in [-0.39, 0.29) is 12.6 Å². The summed E-state index contributed by atoms with van der Waals surface area (Å²) in [6.07, 6.45) is 3.25. The van der Waals surface area contributed by atoms with Crippen LogP contribution in [0.1, 0.15) is 18.5 Å². The standard InChI is InChI=1S/C19H23F2N5O/c1-24-11-14(22-23-24)12-25-8-5-15(6-9-25)27-18-4-2-3-17-16(18)7-10-26(17)13-19(20)21/h2-4,7,10-11,15,19H,5-6,8-9,12-13H2,1H3. The maximum absolute atomic E-state index is 12.7. The van der Waals surface area contributed by atoms with Crippen molar-refractivity contribution in [3.05, 3.63) is 42.4 Å². The van der Waals surface area contributed by atoms with Gasteiger partial charge in [0, 0.05) is 44.5 Å². The van der Waals surface area contributed by atoms with Crippen LogP contribution in [0, 0.1) is 0 Å². The molecule has 0 unspecified atom stereocenters. The highest BCUT2D eigenvalue weighted by Crippen LogP contribution is 2.29. The van der Waals surface area contributed by atoms with Crippen LogP contribution in [-0.4, -0.2) is 50.1 Å². The Morgan fingerprint density at radius 2 is 2.04 bits per heavy atom. The molecule has 0 aliphatic carbocycles. The molecule has 0 saturated carbocycles. The topological polar surface area (TPSA) is 48.1 Å². The van der Waals surface area contributed by atoms with Gasteiger partial charge in [-0.25, -0.2) is 8.78 Å². The number of benzene rings is 1. The van der Waals surface area contributed by atoms with Crippen LogP contribution in [0.25, 0.3) is 10.9 Å². The van der Waals surface area contributed by atoms with E-state index in [0.717, 1.165) is 54.8 Å². The van der Waals surface area contributed by atoms with E-state index in [2.05, 4.69) is 15.2 Å². The lowest BCUT2D eigenvalue weighted by Gasteiger charge is -2.31. The summed E-state index contributed by atoms with van der Waals surface area (Å²) in [7, 11) is 1.87. The summed E-state index contributed by atoms with van der Waals surface area (Å²) in [5, 5.41) is 8.99. The molecule has 1 aliphatic heterocycles. The lowest BCUT2D eigenvalue weighted by atomic mass is 10.1. The second-order valence-electron chi connectivity index (χ2n) is 7.03. The third-order valence-corrected chi connectivity index (χ3v) is 4.97. The molecule has 0 radical (unpaired) electrons. The van der Waals surface area contributed by atoms with E-state index in [1.54, 1.807) is 15.4 Å². The second-order valence-corrected chi connectivity index (χ2v) is 7.03. The lowest BCUT2D eigenvalue weighted by Crippen LogP contribution is -2.37. The number of ether oxygens (including phenoxy) is 1. The molecule has 8 heteroatoms. The number of nitrogens with zero attached hydrogens (tertiary/aromatic N) is 5. The normalized spacial score (nSPS) is 16.4. The Balaban J connectivity index is 1.38. The van der Waals surface area contributed by atoms with Crippen LogP contribution in [0.4, 0.5) is 8.78 Å². The van der Waals surface area contributed by atoms with Gasteiger partial charge in [0.15, 0.2) is 0 Å². The van der Waals surface area contributed by atoms with Crippen LogP contribution >= 0.6 is 0 Å². The molecular formula is C19H23F2N5O. The van der Waals surface area contributed by atoms with Crippen molar-refractivity contribution >= 4 is 10.9 Å². The first-order valence-electron chi connectivity index (χ1n) is 9.18. The monoisotopic (exact) mass is 375 g/mol. The van der Waals surface area contributed by atoms with Crippen molar-refractivity contribution in [2.75, 3.05) is 13.1 Å². The summed E-state index contributed by atoms with van der Waals surface area (Å²) in [4.78, 5) is 2.35. The van der Waals surface area contributed by atoms with Crippen LogP contribution in [-0.2, 0) is 20.1 Å². The predicted molar refractivity (Wildman–Crippen MR) is 97.9 cm³/mol. The molecule has 3 aromatic rings. The fourth-order valence-electron chi connectivity index (χ4n) is 3.67. The van der Waals surface area contributed by atoms with Gasteiger partial charge in [-0.15, -0.1) is 5.10 Å². The van der Waals surface area contributed by atoms with E-state index in [9.17, 15) is 8.78 Å². The highest BCUT2D eigenvalue weighted by Gasteiger charge is 2.22. The summed E-state index contributed by atoms with van der Waals surface area (Å²) in [5.74, 6) is 0.771. The molecule has 3 heterocycles. The molecule has 144 valence electrons. The summed E-state index contributed by atoms with van der Waals surface area (Å²) < 4.78 is 35.0. The minimum atomic E-state index is -2.37. The highest BCUT2D eigenvalue weighted by atomic mass is 19.3. The third kappa shape index (κ3) is 4.10. The predicted octanol–water partition coefficient (Wildman–Crippen LogP) is 3.08. The Kier molecular flexibility index (Phi) is 5.07. The number of aromatic nitrogens is 4. The van der Waals surface area contributed by atoms with Crippen molar-refractivity contribution in [1.29, 1.82) is 0 Å². The average Bonchev–Trinajstić information content (AvgIpc) is 3.23. The zero-order chi connectivity index (χ0) is 18.8. The van der Waals surface area contributed by atoms with Crippen LogP contribution in [0.5, 0.6) is 5.75 Å². The molecule has 2 aromatic heterocycles. The molecule has 0 N–H and O–H groups in total. The zero-order valence-electron chi connectivity index (χ0n) is 15.3. The molecule has 0 bridgehead atoms. The molecule has 1 saturated heterocycles. The van der Waals surface area contributed by atoms with Gasteiger partial charge in [-0.3, -0.25) is 9.58 Å². The minimum absolute atomic E-state index is 0.132. The van der Waals surface area contributed by atoms with Crippen molar-refractivity contribution in [3.63, 3.8) is 0 Å². The van der Waals surface area contributed by atoms with Crippen LogP contribution in [0.2, 0.25) is 0 Å². The number of aryl methyl sites for hydroxylation is 1. The van der Waals surface area contributed by atoms with Crippen molar-refractivity contribution in [2.45, 2.75) is 38.5 Å². The second kappa shape index (κ2) is 7.64. The SMILES string of the molecule is Cn1cc(CN2CCC(Oc3cccc4c3ccn4CC(F)F)CC2)nn1. The molecule has 4 rings (SSSR count). The van der Waals surface area contributed by atoms with Crippen LogP contribution < -0.4 is 4.74 Å². The van der Waals surface area contributed by atoms with Gasteiger partial charge in [-0.2, -0.15) is 0 Å². The van der Waals surface area contributed by atoms with Gasteiger partial charge in [0.05, 0.1) is 17.8 Å². The number of rotatable bonds is 6. The Hall–Kier alpha value is -2.48. The minimum Gasteiger partial charge on any atom is -0.490 e. The molecule has 1 aliphatic rings. The number of alkyl halides is 2. The quantitative estimate of drug-likeness (QED) is 0.664. The van der Waals surface area contributed by atoms with E-state index < -0.39 is 6.43 Å². The van der Waals surface area contributed by atoms with Gasteiger partial charge < -0.3 is 9.30 Å². The molecule has 0 amide bonds. The first-order valence-corrected chi connectivity index (χ1v) is 9.18. The van der Waals surface area contributed by atoms with Gasteiger partial charge in [-0.05, 0) is 31.0 Å². The number of hydrogen-bond donors (Lipinski definition) is 0. The lowest BCUT2D eigenvalue weighted by molar-refractivity contribution is 0.0972. The molecule has 0 atom stereocenters. The largest absolute Gasteiger partial charge is 0.490 e. The summed E-state index contributed by atoms with van der Waals surface area (Å²) in [5.41, 5.74) is 1.76. The number of fused-ring (bicyclic) bond motifs is 1. The van der Waals surface area contributed by atoms with Crippen LogP contribution in [0.15, 0.2) is 36.7 Å². The van der Waals surface area contributed by atoms with E-state index in [1.807, 2.05) is 37.5 Å². The molecular weight excluding hydrogens is 352 g/mol. The highest BCUT2D eigenvalue weighted by molar-refractivity contribution is 5.86. The number of likely N-dealkylation sites (tertiary alicyclic amines) is 1. The van der Waals surface area contributed by atoms with Crippen molar-refractivity contribution in [3.8, 4) is 5.75 Å². The van der Waals surface area contributed by atoms with Gasteiger partial charge in [0.1, 0.15) is 11.9 Å². The number of halogens is 2. The van der Waals surface area contributed by atoms with Gasteiger partial charge >= 0.3 is 0 Å². The van der Waals surface area contributed by atoms with Crippen molar-refractivity contribution in [2.24, 2.45) is 7.05 Å². The van der Waals surface area contributed by atoms with Crippen molar-refractivity contribution in [1.82, 2.24) is 24.5 Å². The Morgan fingerprint density at radius 1 is 1.22 bits per heavy atom. The Labute approximate surface area is 156 Å². The smallest absolute Gasteiger partial charge is 0.256 e.